The first-order chi connectivity index (χ1) is 15.1. The van der Waals surface area contributed by atoms with Crippen LogP contribution in [0.4, 0.5) is 18.0 Å². The molecular formula is C22H12Cl2F3NO3S. The molecule has 3 aromatic rings. The first-order valence-corrected chi connectivity index (χ1v) is 10.7. The van der Waals surface area contributed by atoms with Gasteiger partial charge in [0, 0.05) is 21.7 Å². The molecule has 2 amide bonds. The van der Waals surface area contributed by atoms with Gasteiger partial charge in [-0.1, -0.05) is 47.5 Å². The molecule has 0 spiro atoms. The smallest absolute Gasteiger partial charge is 0.417 e. The van der Waals surface area contributed by atoms with Crippen molar-refractivity contribution in [1.82, 2.24) is 4.90 Å². The van der Waals surface area contributed by atoms with Gasteiger partial charge in [-0.2, -0.15) is 13.2 Å². The molecule has 0 aliphatic carbocycles. The van der Waals surface area contributed by atoms with E-state index in [4.69, 9.17) is 27.6 Å². The molecule has 0 radical (unpaired) electrons. The minimum absolute atomic E-state index is 0.00338. The monoisotopic (exact) mass is 497 g/mol. The highest BCUT2D eigenvalue weighted by Crippen LogP contribution is 2.39. The van der Waals surface area contributed by atoms with E-state index in [-0.39, 0.29) is 28.5 Å². The van der Waals surface area contributed by atoms with Gasteiger partial charge >= 0.3 is 6.18 Å². The van der Waals surface area contributed by atoms with Crippen LogP contribution >= 0.6 is 35.0 Å². The number of thioether (sulfide) groups is 1. The molecule has 4 rings (SSSR count). The van der Waals surface area contributed by atoms with Gasteiger partial charge in [0.05, 0.1) is 17.0 Å². The van der Waals surface area contributed by atoms with Crippen molar-refractivity contribution in [3.05, 3.63) is 86.4 Å². The number of furan rings is 1. The van der Waals surface area contributed by atoms with Crippen molar-refractivity contribution in [2.24, 2.45) is 0 Å². The van der Waals surface area contributed by atoms with Crippen LogP contribution in [-0.4, -0.2) is 16.0 Å². The van der Waals surface area contributed by atoms with Gasteiger partial charge in [-0.15, -0.1) is 0 Å². The Labute approximate surface area is 194 Å². The highest BCUT2D eigenvalue weighted by molar-refractivity contribution is 8.18. The summed E-state index contributed by atoms with van der Waals surface area (Å²) >= 11 is 12.7. The van der Waals surface area contributed by atoms with Gasteiger partial charge in [-0.05, 0) is 47.7 Å². The minimum atomic E-state index is -4.55. The number of hydrogen-bond donors (Lipinski definition) is 0. The van der Waals surface area contributed by atoms with Crippen LogP contribution in [0.15, 0.2) is 63.9 Å². The summed E-state index contributed by atoms with van der Waals surface area (Å²) in [7, 11) is 0. The quantitative estimate of drug-likeness (QED) is 0.350. The summed E-state index contributed by atoms with van der Waals surface area (Å²) in [4.78, 5) is 26.2. The molecule has 0 unspecified atom stereocenters. The molecule has 0 saturated carbocycles. The molecule has 1 aliphatic rings. The zero-order chi connectivity index (χ0) is 23.0. The number of halogens is 5. The summed E-state index contributed by atoms with van der Waals surface area (Å²) in [5.41, 5.74) is -0.408. The molecule has 4 nitrogen and oxygen atoms in total. The van der Waals surface area contributed by atoms with Crippen LogP contribution in [0.1, 0.15) is 16.9 Å². The summed E-state index contributed by atoms with van der Waals surface area (Å²) < 4.78 is 45.4. The molecule has 0 atom stereocenters. The topological polar surface area (TPSA) is 50.5 Å². The van der Waals surface area contributed by atoms with Gasteiger partial charge < -0.3 is 4.42 Å². The SMILES string of the molecule is O=C1S/C(=C/c2ccc(-c3ccccc3C(F)(F)F)o2)C(=O)N1Cc1ccc(Cl)cc1Cl. The lowest BCUT2D eigenvalue weighted by Gasteiger charge is -2.13. The van der Waals surface area contributed by atoms with Gasteiger partial charge in [0.2, 0.25) is 0 Å². The molecule has 1 aromatic heterocycles. The van der Waals surface area contributed by atoms with Crippen LogP contribution in [0.5, 0.6) is 0 Å². The lowest BCUT2D eigenvalue weighted by atomic mass is 10.1. The second-order valence-electron chi connectivity index (χ2n) is 6.75. The molecule has 1 fully saturated rings. The zero-order valence-electron chi connectivity index (χ0n) is 16.0. The maximum atomic E-state index is 13.3. The number of rotatable bonds is 4. The molecule has 0 bridgehead atoms. The van der Waals surface area contributed by atoms with Gasteiger partial charge in [0.25, 0.3) is 11.1 Å². The Morgan fingerprint density at radius 1 is 1.03 bits per heavy atom. The summed E-state index contributed by atoms with van der Waals surface area (Å²) in [5.74, 6) is -0.414. The third-order valence-electron chi connectivity index (χ3n) is 4.62. The standard InChI is InChI=1S/C22H12Cl2F3NO3S/c23-13-6-5-12(17(24)9-13)11-28-20(29)19(32-21(28)30)10-14-7-8-18(31-14)15-3-1-2-4-16(15)22(25,26)27/h1-10H,11H2/b19-10+. The van der Waals surface area contributed by atoms with E-state index in [2.05, 4.69) is 0 Å². The van der Waals surface area contributed by atoms with Crippen molar-refractivity contribution < 1.29 is 27.2 Å². The summed E-state index contributed by atoms with van der Waals surface area (Å²) in [6.45, 7) is -0.0413. The van der Waals surface area contributed by atoms with Crippen LogP contribution < -0.4 is 0 Å². The summed E-state index contributed by atoms with van der Waals surface area (Å²) in [5, 5.41) is 0.245. The molecule has 1 saturated heterocycles. The predicted octanol–water partition coefficient (Wildman–Crippen LogP) is 7.51. The van der Waals surface area contributed by atoms with Gasteiger partial charge in [-0.3, -0.25) is 14.5 Å². The van der Waals surface area contributed by atoms with E-state index in [1.54, 1.807) is 12.1 Å². The Morgan fingerprint density at radius 3 is 2.50 bits per heavy atom. The Hall–Kier alpha value is -2.68. The summed E-state index contributed by atoms with van der Waals surface area (Å²) in [6, 6.07) is 12.6. The van der Waals surface area contributed by atoms with Crippen LogP contribution in [0.3, 0.4) is 0 Å². The van der Waals surface area contributed by atoms with E-state index in [1.807, 2.05) is 0 Å². The van der Waals surface area contributed by atoms with E-state index in [0.717, 1.165) is 11.0 Å². The summed E-state index contributed by atoms with van der Waals surface area (Å²) in [6.07, 6.45) is -3.22. The maximum absolute atomic E-state index is 13.3. The van der Waals surface area contributed by atoms with Crippen LogP contribution in [0.25, 0.3) is 17.4 Å². The first kappa shape index (κ1) is 22.5. The van der Waals surface area contributed by atoms with Crippen LogP contribution in [0.2, 0.25) is 10.0 Å². The van der Waals surface area contributed by atoms with E-state index in [9.17, 15) is 22.8 Å². The molecule has 2 heterocycles. The molecule has 32 heavy (non-hydrogen) atoms. The fraction of sp³-hybridized carbons (Fsp3) is 0.0909. The lowest BCUT2D eigenvalue weighted by molar-refractivity contribution is -0.137. The Kier molecular flexibility index (Phi) is 6.11. The number of amides is 2. The Morgan fingerprint density at radius 2 is 1.78 bits per heavy atom. The van der Waals surface area contributed by atoms with Crippen molar-refractivity contribution in [2.75, 3.05) is 0 Å². The van der Waals surface area contributed by atoms with Gasteiger partial charge in [0.15, 0.2) is 0 Å². The molecule has 0 N–H and O–H groups in total. The zero-order valence-corrected chi connectivity index (χ0v) is 18.3. The molecule has 2 aromatic carbocycles. The molecule has 10 heteroatoms. The first-order valence-electron chi connectivity index (χ1n) is 9.09. The van der Waals surface area contributed by atoms with Crippen molar-refractivity contribution in [3.63, 3.8) is 0 Å². The normalized spacial score (nSPS) is 15.8. The number of carbonyl (C=O) groups excluding carboxylic acids is 2. The van der Waals surface area contributed by atoms with Gasteiger partial charge in [-0.25, -0.2) is 0 Å². The third-order valence-corrected chi connectivity index (χ3v) is 6.11. The predicted molar refractivity (Wildman–Crippen MR) is 117 cm³/mol. The van der Waals surface area contributed by atoms with E-state index >= 15 is 0 Å². The minimum Gasteiger partial charge on any atom is -0.457 e. The second kappa shape index (κ2) is 8.69. The number of carbonyl (C=O) groups is 2. The van der Waals surface area contributed by atoms with Gasteiger partial charge in [0.1, 0.15) is 11.5 Å². The van der Waals surface area contributed by atoms with E-state index in [0.29, 0.717) is 27.4 Å². The van der Waals surface area contributed by atoms with Crippen LogP contribution in [-0.2, 0) is 17.5 Å². The molecule has 164 valence electrons. The number of alkyl halides is 3. The van der Waals surface area contributed by atoms with E-state index < -0.39 is 22.9 Å². The number of hydrogen-bond acceptors (Lipinski definition) is 4. The maximum Gasteiger partial charge on any atom is 0.417 e. The van der Waals surface area contributed by atoms with Crippen molar-refractivity contribution in [3.8, 4) is 11.3 Å². The fourth-order valence-electron chi connectivity index (χ4n) is 3.11. The molecule has 1 aliphatic heterocycles. The number of imide groups is 1. The van der Waals surface area contributed by atoms with Crippen molar-refractivity contribution in [2.45, 2.75) is 12.7 Å². The third kappa shape index (κ3) is 4.57. The van der Waals surface area contributed by atoms with Crippen LogP contribution in [0, 0.1) is 0 Å². The van der Waals surface area contributed by atoms with Crippen molar-refractivity contribution >= 4 is 52.2 Å². The number of nitrogens with zero attached hydrogens (tertiary/aromatic N) is 1. The number of benzene rings is 2. The Balaban J connectivity index is 1.58. The largest absolute Gasteiger partial charge is 0.457 e. The average molecular weight is 498 g/mol. The average Bonchev–Trinajstić information content (AvgIpc) is 3.29. The highest BCUT2D eigenvalue weighted by atomic mass is 35.5. The lowest BCUT2D eigenvalue weighted by Crippen LogP contribution is -2.27. The van der Waals surface area contributed by atoms with E-state index in [1.165, 1.54) is 42.5 Å². The highest BCUT2D eigenvalue weighted by Gasteiger charge is 2.36. The fourth-order valence-corrected chi connectivity index (χ4v) is 4.39. The molecular weight excluding hydrogens is 486 g/mol. The Bertz CT molecular complexity index is 1250. The van der Waals surface area contributed by atoms with Crippen molar-refractivity contribution in [1.29, 1.82) is 0 Å². The second-order valence-corrected chi connectivity index (χ2v) is 8.59.